The van der Waals surface area contributed by atoms with E-state index in [1.807, 2.05) is 30.3 Å². The molecule has 1 N–H and O–H groups in total. The number of carbonyl (C=O) groups excluding carboxylic acids is 2. The SMILES string of the molecule is CNC(=O)c1ccc(OCCOC2CCCCO2)c(F)c1-c1c(Cl)c(F)cc2c1C[C@](c1ccccc1)(C1CCN1C(=O)OC(C)(C)C)O2. The van der Waals surface area contributed by atoms with Gasteiger partial charge in [0.15, 0.2) is 23.5 Å². The Labute approximate surface area is 289 Å². The largest absolute Gasteiger partial charge is 0.488 e. The number of nitrogens with one attached hydrogen (secondary N) is 1. The lowest BCUT2D eigenvalue weighted by Gasteiger charge is -2.50. The molecule has 2 amide bonds. The van der Waals surface area contributed by atoms with Crippen LogP contribution in [-0.2, 0) is 26.2 Å². The van der Waals surface area contributed by atoms with Crippen LogP contribution >= 0.6 is 11.6 Å². The van der Waals surface area contributed by atoms with Crippen LogP contribution in [0.2, 0.25) is 5.02 Å². The molecular formula is C37H41ClF2N2O7. The lowest BCUT2D eigenvalue weighted by molar-refractivity contribution is -0.165. The summed E-state index contributed by atoms with van der Waals surface area (Å²) in [6, 6.07) is 12.8. The predicted octanol–water partition coefficient (Wildman–Crippen LogP) is 7.41. The average molecular weight is 699 g/mol. The summed E-state index contributed by atoms with van der Waals surface area (Å²) in [7, 11) is 1.42. The molecular weight excluding hydrogens is 658 g/mol. The standard InChI is InChI=1S/C37H41ClF2N2O7/c1-36(2,3)49-35(44)42-16-15-28(42)37(22-10-6-5-7-11-22)21-24-27(48-37)20-25(39)32(38)30(24)31-23(34(43)41-4)13-14-26(33(31)40)45-18-19-47-29-12-8-9-17-46-29/h5-7,10-11,13-14,20,28-29H,8-9,12,15-19,21H2,1-4H3,(H,41,43)/t28?,29?,37-/m0/s1. The number of benzene rings is 3. The van der Waals surface area contributed by atoms with Crippen molar-refractivity contribution >= 4 is 23.6 Å². The third-order valence-corrected chi connectivity index (χ3v) is 9.45. The third-order valence-electron chi connectivity index (χ3n) is 9.08. The maximum absolute atomic E-state index is 16.7. The second kappa shape index (κ2) is 14.1. The highest BCUT2D eigenvalue weighted by Gasteiger charge is 2.56. The van der Waals surface area contributed by atoms with Gasteiger partial charge < -0.3 is 33.9 Å². The number of likely N-dealkylation sites (tertiary alicyclic amines) is 1. The minimum atomic E-state index is -1.19. The molecule has 3 aromatic carbocycles. The fourth-order valence-corrected chi connectivity index (χ4v) is 7.01. The molecule has 0 aliphatic carbocycles. The molecule has 262 valence electrons. The highest BCUT2D eigenvalue weighted by molar-refractivity contribution is 6.34. The summed E-state index contributed by atoms with van der Waals surface area (Å²) in [6.45, 7) is 6.59. The van der Waals surface area contributed by atoms with Crippen molar-refractivity contribution < 1.29 is 42.1 Å². The van der Waals surface area contributed by atoms with Gasteiger partial charge in [0, 0.05) is 49.4 Å². The van der Waals surface area contributed by atoms with Gasteiger partial charge in [-0.1, -0.05) is 41.9 Å². The first-order valence-electron chi connectivity index (χ1n) is 16.6. The average Bonchev–Trinajstić information content (AvgIpc) is 3.42. The zero-order valence-electron chi connectivity index (χ0n) is 28.1. The van der Waals surface area contributed by atoms with Crippen molar-refractivity contribution in [1.29, 1.82) is 0 Å². The van der Waals surface area contributed by atoms with E-state index < -0.39 is 40.9 Å². The summed E-state index contributed by atoms with van der Waals surface area (Å²) >= 11 is 6.70. The van der Waals surface area contributed by atoms with Gasteiger partial charge in [0.05, 0.1) is 23.2 Å². The number of hydrogen-bond donors (Lipinski definition) is 1. The van der Waals surface area contributed by atoms with E-state index in [1.54, 1.807) is 25.7 Å². The number of fused-ring (bicyclic) bond motifs is 1. The van der Waals surface area contributed by atoms with Crippen molar-refractivity contribution in [3.05, 3.63) is 81.9 Å². The number of amides is 2. The summed E-state index contributed by atoms with van der Waals surface area (Å²) in [5.74, 6) is -2.37. The molecule has 0 spiro atoms. The van der Waals surface area contributed by atoms with Crippen molar-refractivity contribution in [2.45, 2.75) is 76.4 Å². The zero-order valence-corrected chi connectivity index (χ0v) is 28.8. The van der Waals surface area contributed by atoms with Crippen LogP contribution in [0.25, 0.3) is 11.1 Å². The van der Waals surface area contributed by atoms with E-state index in [1.165, 1.54) is 25.2 Å². The third kappa shape index (κ3) is 6.93. The van der Waals surface area contributed by atoms with Crippen molar-refractivity contribution in [3.63, 3.8) is 0 Å². The second-order valence-electron chi connectivity index (χ2n) is 13.4. The summed E-state index contributed by atoms with van der Waals surface area (Å²) in [6.07, 6.45) is 2.58. The van der Waals surface area contributed by atoms with Crippen LogP contribution < -0.4 is 14.8 Å². The molecule has 2 unspecified atom stereocenters. The maximum atomic E-state index is 16.7. The molecule has 2 fully saturated rings. The van der Waals surface area contributed by atoms with Crippen LogP contribution in [0, 0.1) is 11.6 Å². The summed E-state index contributed by atoms with van der Waals surface area (Å²) in [5.41, 5.74) is -1.10. The fraction of sp³-hybridized carbons (Fsp3) is 0.459. The number of ether oxygens (including phenoxy) is 5. The van der Waals surface area contributed by atoms with Crippen LogP contribution in [0.3, 0.4) is 0 Å². The van der Waals surface area contributed by atoms with Crippen LogP contribution in [0.5, 0.6) is 11.5 Å². The van der Waals surface area contributed by atoms with E-state index >= 15 is 8.78 Å². The van der Waals surface area contributed by atoms with Gasteiger partial charge in [-0.25, -0.2) is 13.6 Å². The normalized spacial score (nSPS) is 21.7. The van der Waals surface area contributed by atoms with Gasteiger partial charge in [-0.05, 0) is 64.2 Å². The summed E-state index contributed by atoms with van der Waals surface area (Å²) in [5, 5.41) is 2.17. The topological polar surface area (TPSA) is 95.6 Å². The minimum absolute atomic E-state index is 0.00689. The molecule has 6 rings (SSSR count). The van der Waals surface area contributed by atoms with Crippen LogP contribution in [0.4, 0.5) is 13.6 Å². The Morgan fingerprint density at radius 2 is 1.84 bits per heavy atom. The fourth-order valence-electron chi connectivity index (χ4n) is 6.74. The molecule has 3 heterocycles. The van der Waals surface area contributed by atoms with Gasteiger partial charge in [0.1, 0.15) is 23.8 Å². The van der Waals surface area contributed by atoms with Crippen molar-refractivity contribution in [1.82, 2.24) is 10.2 Å². The Hall–Kier alpha value is -3.93. The highest BCUT2D eigenvalue weighted by atomic mass is 35.5. The Kier molecular flexibility index (Phi) is 10.1. The van der Waals surface area contributed by atoms with Gasteiger partial charge in [-0.3, -0.25) is 4.79 Å². The number of rotatable bonds is 9. The Morgan fingerprint density at radius 1 is 1.06 bits per heavy atom. The number of halogens is 3. The van der Waals surface area contributed by atoms with Crippen molar-refractivity contribution in [2.24, 2.45) is 0 Å². The van der Waals surface area contributed by atoms with Gasteiger partial charge in [0.25, 0.3) is 5.91 Å². The molecule has 0 aromatic heterocycles. The smallest absolute Gasteiger partial charge is 0.410 e. The second-order valence-corrected chi connectivity index (χ2v) is 13.8. The Morgan fingerprint density at radius 3 is 2.49 bits per heavy atom. The molecule has 3 atom stereocenters. The van der Waals surface area contributed by atoms with E-state index in [2.05, 4.69) is 5.32 Å². The number of nitrogens with zero attached hydrogens (tertiary/aromatic N) is 1. The van der Waals surface area contributed by atoms with Crippen molar-refractivity contribution in [3.8, 4) is 22.6 Å². The van der Waals surface area contributed by atoms with E-state index in [9.17, 15) is 9.59 Å². The van der Waals surface area contributed by atoms with Gasteiger partial charge in [-0.15, -0.1) is 0 Å². The molecule has 2 saturated heterocycles. The lowest BCUT2D eigenvalue weighted by atomic mass is 9.76. The monoisotopic (exact) mass is 698 g/mol. The molecule has 9 nitrogen and oxygen atoms in total. The maximum Gasteiger partial charge on any atom is 0.410 e. The van der Waals surface area contributed by atoms with Crippen LogP contribution in [-0.4, -0.2) is 68.2 Å². The quantitative estimate of drug-likeness (QED) is 0.233. The van der Waals surface area contributed by atoms with Gasteiger partial charge >= 0.3 is 6.09 Å². The number of hydrogen-bond acceptors (Lipinski definition) is 7. The molecule has 0 radical (unpaired) electrons. The predicted molar refractivity (Wildman–Crippen MR) is 179 cm³/mol. The zero-order chi connectivity index (χ0) is 34.9. The lowest BCUT2D eigenvalue weighted by Crippen LogP contribution is -2.63. The van der Waals surface area contributed by atoms with Gasteiger partial charge in [0.2, 0.25) is 0 Å². The Balaban J connectivity index is 1.40. The van der Waals surface area contributed by atoms with E-state index in [0.29, 0.717) is 25.1 Å². The summed E-state index contributed by atoms with van der Waals surface area (Å²) < 4.78 is 62.0. The first-order chi connectivity index (χ1) is 23.4. The molecule has 0 bridgehead atoms. The minimum Gasteiger partial charge on any atom is -0.488 e. The van der Waals surface area contributed by atoms with Crippen molar-refractivity contribution in [2.75, 3.05) is 33.4 Å². The Bertz CT molecular complexity index is 1710. The van der Waals surface area contributed by atoms with E-state index in [-0.39, 0.29) is 59.1 Å². The number of carbonyl (C=O) groups is 2. The van der Waals surface area contributed by atoms with Gasteiger partial charge in [-0.2, -0.15) is 0 Å². The molecule has 3 aliphatic rings. The molecule has 12 heteroatoms. The first kappa shape index (κ1) is 34.9. The molecule has 49 heavy (non-hydrogen) atoms. The molecule has 3 aromatic rings. The highest BCUT2D eigenvalue weighted by Crippen LogP contribution is 2.54. The van der Waals surface area contributed by atoms with Crippen LogP contribution in [0.1, 0.15) is 67.9 Å². The van der Waals surface area contributed by atoms with Crippen LogP contribution in [0.15, 0.2) is 48.5 Å². The van der Waals surface area contributed by atoms with E-state index in [4.69, 9.17) is 35.3 Å². The summed E-state index contributed by atoms with van der Waals surface area (Å²) in [4.78, 5) is 28.1. The molecule has 0 saturated carbocycles. The van der Waals surface area contributed by atoms with E-state index in [0.717, 1.165) is 24.8 Å². The first-order valence-corrected chi connectivity index (χ1v) is 17.0. The molecule has 3 aliphatic heterocycles.